The second-order valence-electron chi connectivity index (χ2n) is 7.19. The minimum atomic E-state index is -4.39. The van der Waals surface area contributed by atoms with E-state index in [0.717, 1.165) is 15.0 Å². The van der Waals surface area contributed by atoms with Gasteiger partial charge in [0.15, 0.2) is 0 Å². The third-order valence-corrected chi connectivity index (χ3v) is 7.15. The van der Waals surface area contributed by atoms with Crippen molar-refractivity contribution < 1.29 is 35.5 Å². The van der Waals surface area contributed by atoms with Crippen LogP contribution in [0.2, 0.25) is 0 Å². The van der Waals surface area contributed by atoms with Crippen LogP contribution in [0.1, 0.15) is 10.5 Å². The summed E-state index contributed by atoms with van der Waals surface area (Å²) in [6.07, 6.45) is 0.305. The smallest absolute Gasteiger partial charge is 0.270 e. The van der Waals surface area contributed by atoms with Crippen LogP contribution in [0.4, 0.5) is 11.5 Å². The van der Waals surface area contributed by atoms with Crippen LogP contribution in [0.25, 0.3) is 21.2 Å². The lowest BCUT2D eigenvalue weighted by Gasteiger charge is -2.18. The summed E-state index contributed by atoms with van der Waals surface area (Å²) in [6.45, 7) is -0.835. The number of carbonyl (C=O) groups excluding carboxylic acids is 2. The van der Waals surface area contributed by atoms with Gasteiger partial charge in [-0.15, -0.1) is 11.3 Å². The number of nitrogens with one attached hydrogen (secondary N) is 2. The highest BCUT2D eigenvalue weighted by atomic mass is 32.2. The number of nitrogens with two attached hydrogens (primary N) is 1. The van der Waals surface area contributed by atoms with Crippen molar-refractivity contribution in [3.8, 4) is 11.1 Å². The van der Waals surface area contributed by atoms with Gasteiger partial charge in [0.2, 0.25) is 6.41 Å². The fourth-order valence-electron chi connectivity index (χ4n) is 3.17. The molecule has 0 aliphatic heterocycles. The molecule has 0 unspecified atom stereocenters. The quantitative estimate of drug-likeness (QED) is 0.0984. The first kappa shape index (κ1) is 26.5. The monoisotopic (exact) mass is 543 g/mol. The molecule has 2 aromatic heterocycles. The highest BCUT2D eigenvalue weighted by Gasteiger charge is 2.19. The Balaban J connectivity index is 2.08. The van der Waals surface area contributed by atoms with Gasteiger partial charge in [0.05, 0.1) is 17.2 Å². The van der Waals surface area contributed by atoms with Crippen molar-refractivity contribution in [3.05, 3.63) is 41.4 Å². The molecule has 13 nitrogen and oxygen atoms in total. The first-order valence-corrected chi connectivity index (χ1v) is 13.9. The third-order valence-electron chi connectivity index (χ3n) is 4.78. The van der Waals surface area contributed by atoms with Gasteiger partial charge in [0, 0.05) is 23.2 Å². The maximum absolute atomic E-state index is 12.7. The Morgan fingerprint density at radius 3 is 2.46 bits per heavy atom. The lowest BCUT2D eigenvalue weighted by atomic mass is 10.0. The molecule has 2 amide bonds. The number of nitrogen functional groups attached to an aromatic ring is 1. The Morgan fingerprint density at radius 1 is 1.11 bits per heavy atom. The minimum Gasteiger partial charge on any atom is -0.350 e. The standard InChI is InChI=1S/C19H21N5O8S3/c20-23-15-2-1-13(18-14(15)3-6-33-18)12-9-16(19(26)21-4-7-34(27,28)29)22-17(10-12)24(11-25)5-8-35(30,31)32/h1-3,6,9-11,23H,4-5,7-8,20H2,(H,21,26)(H,27,28,29)(H,30,31,32). The average molecular weight is 544 g/mol. The Labute approximate surface area is 204 Å². The minimum absolute atomic E-state index is 0.0770. The molecule has 0 atom stereocenters. The van der Waals surface area contributed by atoms with Crippen molar-refractivity contribution in [2.24, 2.45) is 5.84 Å². The predicted molar refractivity (Wildman–Crippen MR) is 131 cm³/mol. The molecule has 0 bridgehead atoms. The van der Waals surface area contributed by atoms with Crippen molar-refractivity contribution in [2.45, 2.75) is 0 Å². The molecule has 0 saturated heterocycles. The van der Waals surface area contributed by atoms with Crippen LogP contribution < -0.4 is 21.5 Å². The van der Waals surface area contributed by atoms with E-state index < -0.39 is 50.7 Å². The van der Waals surface area contributed by atoms with Crippen molar-refractivity contribution in [2.75, 3.05) is 34.9 Å². The molecule has 0 aliphatic rings. The first-order chi connectivity index (χ1) is 16.4. The number of carbonyl (C=O) groups is 2. The summed E-state index contributed by atoms with van der Waals surface area (Å²) in [7, 11) is -8.70. The Kier molecular flexibility index (Phi) is 8.04. The predicted octanol–water partition coefficient (Wildman–Crippen LogP) is 0.717. The number of nitrogens with zero attached hydrogens (tertiary/aromatic N) is 2. The molecule has 35 heavy (non-hydrogen) atoms. The van der Waals surface area contributed by atoms with E-state index >= 15 is 0 Å². The van der Waals surface area contributed by atoms with Crippen LogP contribution in [0.3, 0.4) is 0 Å². The number of rotatable bonds is 11. The molecule has 0 saturated carbocycles. The maximum atomic E-state index is 12.7. The van der Waals surface area contributed by atoms with Gasteiger partial charge in [-0.25, -0.2) is 4.98 Å². The van der Waals surface area contributed by atoms with Crippen molar-refractivity contribution >= 4 is 65.5 Å². The van der Waals surface area contributed by atoms with Crippen LogP contribution in [-0.4, -0.2) is 67.8 Å². The number of benzene rings is 1. The molecular formula is C19H21N5O8S3. The molecule has 3 aromatic rings. The second-order valence-corrected chi connectivity index (χ2v) is 11.3. The normalized spacial score (nSPS) is 11.9. The summed E-state index contributed by atoms with van der Waals surface area (Å²) in [6, 6.07) is 8.18. The molecule has 16 heteroatoms. The van der Waals surface area contributed by atoms with Crippen LogP contribution >= 0.6 is 11.3 Å². The number of fused-ring (bicyclic) bond motifs is 1. The van der Waals surface area contributed by atoms with Gasteiger partial charge < -0.3 is 10.7 Å². The van der Waals surface area contributed by atoms with Crippen LogP contribution in [0.15, 0.2) is 35.7 Å². The average Bonchev–Trinajstić information content (AvgIpc) is 3.27. The molecule has 0 radical (unpaired) electrons. The van der Waals surface area contributed by atoms with Gasteiger partial charge in [-0.3, -0.25) is 29.4 Å². The number of thiophene rings is 1. The van der Waals surface area contributed by atoms with Crippen LogP contribution in [0, 0.1) is 0 Å². The van der Waals surface area contributed by atoms with Gasteiger partial charge in [-0.05, 0) is 40.8 Å². The molecule has 0 aliphatic carbocycles. The molecule has 1 aromatic carbocycles. The number of amides is 2. The highest BCUT2D eigenvalue weighted by molar-refractivity contribution is 7.86. The highest BCUT2D eigenvalue weighted by Crippen LogP contribution is 2.37. The molecule has 0 spiro atoms. The lowest BCUT2D eigenvalue weighted by molar-refractivity contribution is -0.107. The number of anilines is 2. The second kappa shape index (κ2) is 10.6. The molecular weight excluding hydrogens is 522 g/mol. The Morgan fingerprint density at radius 2 is 1.83 bits per heavy atom. The van der Waals surface area contributed by atoms with Gasteiger partial charge in [0.1, 0.15) is 11.5 Å². The maximum Gasteiger partial charge on any atom is 0.270 e. The zero-order chi connectivity index (χ0) is 25.8. The van der Waals surface area contributed by atoms with E-state index in [-0.39, 0.29) is 11.5 Å². The SMILES string of the molecule is NNc1ccc(-c2cc(C(=O)NCCS(=O)(=O)O)nc(N(C=O)CCS(=O)(=O)O)c2)c2sccc12. The van der Waals surface area contributed by atoms with E-state index in [9.17, 15) is 26.4 Å². The van der Waals surface area contributed by atoms with Gasteiger partial charge in [-0.1, -0.05) is 6.07 Å². The van der Waals surface area contributed by atoms with Crippen LogP contribution in [-0.2, 0) is 25.0 Å². The van der Waals surface area contributed by atoms with E-state index in [1.807, 2.05) is 11.4 Å². The van der Waals surface area contributed by atoms with Gasteiger partial charge >= 0.3 is 0 Å². The Hall–Kier alpha value is -3.15. The summed E-state index contributed by atoms with van der Waals surface area (Å²) in [5.41, 5.74) is 4.16. The number of hydrogen-bond donors (Lipinski definition) is 5. The third kappa shape index (κ3) is 6.93. The summed E-state index contributed by atoms with van der Waals surface area (Å²) >= 11 is 1.40. The molecule has 3 rings (SSSR count). The zero-order valence-corrected chi connectivity index (χ0v) is 20.4. The van der Waals surface area contributed by atoms with Crippen molar-refractivity contribution in [1.29, 1.82) is 0 Å². The summed E-state index contributed by atoms with van der Waals surface area (Å²) in [4.78, 5) is 29.4. The van der Waals surface area contributed by atoms with Crippen molar-refractivity contribution in [1.82, 2.24) is 10.3 Å². The lowest BCUT2D eigenvalue weighted by Crippen LogP contribution is -2.31. The molecule has 2 heterocycles. The van der Waals surface area contributed by atoms with E-state index in [1.54, 1.807) is 12.1 Å². The number of pyridine rings is 1. The summed E-state index contributed by atoms with van der Waals surface area (Å²) in [5.74, 6) is 3.22. The number of hydrazine groups is 1. The number of hydrogen-bond acceptors (Lipinski definition) is 10. The van der Waals surface area contributed by atoms with E-state index in [1.165, 1.54) is 23.5 Å². The molecule has 0 fully saturated rings. The summed E-state index contributed by atoms with van der Waals surface area (Å²) < 4.78 is 62.9. The summed E-state index contributed by atoms with van der Waals surface area (Å²) in [5, 5.41) is 4.95. The van der Waals surface area contributed by atoms with Crippen molar-refractivity contribution in [3.63, 3.8) is 0 Å². The van der Waals surface area contributed by atoms with Crippen LogP contribution in [0.5, 0.6) is 0 Å². The van der Waals surface area contributed by atoms with Gasteiger partial charge in [0.25, 0.3) is 26.1 Å². The topological polar surface area (TPSA) is 209 Å². The molecule has 6 N–H and O–H groups in total. The van der Waals surface area contributed by atoms with Gasteiger partial charge in [-0.2, -0.15) is 16.8 Å². The largest absolute Gasteiger partial charge is 0.350 e. The Bertz CT molecular complexity index is 1470. The fourth-order valence-corrected chi connectivity index (χ4v) is 4.91. The zero-order valence-electron chi connectivity index (χ0n) is 17.9. The van der Waals surface area contributed by atoms with E-state index in [0.29, 0.717) is 23.2 Å². The fraction of sp³-hybridized carbons (Fsp3) is 0.211. The van der Waals surface area contributed by atoms with E-state index in [4.69, 9.17) is 14.9 Å². The number of aromatic nitrogens is 1. The first-order valence-electron chi connectivity index (χ1n) is 9.81. The van der Waals surface area contributed by atoms with E-state index in [2.05, 4.69) is 15.7 Å². The molecule has 188 valence electrons.